The van der Waals surface area contributed by atoms with Crippen molar-refractivity contribution in [3.8, 4) is 5.75 Å². The summed E-state index contributed by atoms with van der Waals surface area (Å²) in [5, 5.41) is 5.25. The number of nitrogens with two attached hydrogens (primary N) is 2. The maximum atomic E-state index is 12.5. The van der Waals surface area contributed by atoms with E-state index in [9.17, 15) is 27.6 Å². The van der Waals surface area contributed by atoms with Crippen molar-refractivity contribution >= 4 is 29.2 Å². The van der Waals surface area contributed by atoms with Crippen molar-refractivity contribution in [2.75, 3.05) is 38.5 Å². The molecule has 0 saturated carbocycles. The van der Waals surface area contributed by atoms with Crippen LogP contribution in [0.25, 0.3) is 0 Å². The summed E-state index contributed by atoms with van der Waals surface area (Å²) in [5.74, 6) is -1.83. The van der Waals surface area contributed by atoms with E-state index in [0.717, 1.165) is 41.6 Å². The van der Waals surface area contributed by atoms with Crippen molar-refractivity contribution in [1.82, 2.24) is 20.0 Å². The summed E-state index contributed by atoms with van der Waals surface area (Å²) in [4.78, 5) is 39.5. The van der Waals surface area contributed by atoms with Gasteiger partial charge in [0.2, 0.25) is 5.91 Å². The Hall–Kier alpha value is -3.84. The number of ether oxygens (including phenoxy) is 1. The van der Waals surface area contributed by atoms with Crippen LogP contribution in [0.15, 0.2) is 36.4 Å². The minimum Gasteiger partial charge on any atom is -0.406 e. The van der Waals surface area contributed by atoms with Crippen molar-refractivity contribution in [3.63, 3.8) is 0 Å². The molecule has 1 heterocycles. The van der Waals surface area contributed by atoms with E-state index in [1.54, 1.807) is 0 Å². The van der Waals surface area contributed by atoms with E-state index in [1.807, 2.05) is 39.0 Å². The number of carbonyl (C=O) groups excluding carboxylic acids is 3. The van der Waals surface area contributed by atoms with Crippen molar-refractivity contribution < 1.29 is 32.3 Å². The fraction of sp³-hybridized carbons (Fsp3) is 0.444. The first-order valence-corrected chi connectivity index (χ1v) is 13.0. The number of anilines is 1. The lowest BCUT2D eigenvalue weighted by Crippen LogP contribution is -2.57. The van der Waals surface area contributed by atoms with Crippen LogP contribution < -0.4 is 31.3 Å². The number of nitrogens with zero attached hydrogens (tertiary/aromatic N) is 2. The topological polar surface area (TPSA) is 140 Å². The molecule has 3 rings (SSSR count). The fourth-order valence-corrected chi connectivity index (χ4v) is 5.03. The van der Waals surface area contributed by atoms with Crippen LogP contribution in [0.3, 0.4) is 0 Å². The number of primary amides is 1. The number of benzene rings is 2. The van der Waals surface area contributed by atoms with Gasteiger partial charge >= 0.3 is 12.4 Å². The van der Waals surface area contributed by atoms with Gasteiger partial charge in [-0.15, -0.1) is 13.2 Å². The maximum absolute atomic E-state index is 12.5. The van der Waals surface area contributed by atoms with Crippen molar-refractivity contribution in [2.45, 2.75) is 46.1 Å². The van der Waals surface area contributed by atoms with Crippen LogP contribution in [0, 0.1) is 6.92 Å². The van der Waals surface area contributed by atoms with Gasteiger partial charge in [0.15, 0.2) is 0 Å². The molecule has 0 bridgehead atoms. The number of alkyl halides is 3. The Morgan fingerprint density at radius 3 is 2.45 bits per heavy atom. The van der Waals surface area contributed by atoms with Gasteiger partial charge in [-0.1, -0.05) is 12.1 Å². The molecule has 2 aromatic carbocycles. The Morgan fingerprint density at radius 2 is 1.82 bits per heavy atom. The van der Waals surface area contributed by atoms with E-state index in [-0.39, 0.29) is 28.3 Å². The molecule has 10 nitrogen and oxygen atoms in total. The third kappa shape index (κ3) is 7.42. The molecule has 0 radical (unpaired) electrons. The van der Waals surface area contributed by atoms with Crippen molar-refractivity contribution in [2.24, 2.45) is 5.73 Å². The lowest BCUT2D eigenvalue weighted by Gasteiger charge is -2.33. The van der Waals surface area contributed by atoms with Gasteiger partial charge in [-0.2, -0.15) is 0 Å². The lowest BCUT2D eigenvalue weighted by atomic mass is 10.1. The Balaban J connectivity index is 1.55. The summed E-state index contributed by atoms with van der Waals surface area (Å²) in [6, 6.07) is 8.47. The zero-order valence-electron chi connectivity index (χ0n) is 22.8. The van der Waals surface area contributed by atoms with Gasteiger partial charge in [0.1, 0.15) is 11.4 Å². The predicted octanol–water partition coefficient (Wildman–Crippen LogP) is 3.02. The number of nitrogens with one attached hydrogen (secondary N) is 2. The number of halogens is 3. The third-order valence-electron chi connectivity index (χ3n) is 7.19. The molecule has 13 heteroatoms. The van der Waals surface area contributed by atoms with E-state index < -0.39 is 30.0 Å². The molecule has 0 aromatic heterocycles. The van der Waals surface area contributed by atoms with Gasteiger partial charge in [0.05, 0.1) is 25.2 Å². The van der Waals surface area contributed by atoms with Crippen LogP contribution in [-0.4, -0.2) is 67.9 Å². The summed E-state index contributed by atoms with van der Waals surface area (Å²) >= 11 is 0. The summed E-state index contributed by atoms with van der Waals surface area (Å²) in [6.07, 6.45) is -4.22. The van der Waals surface area contributed by atoms with Crippen molar-refractivity contribution in [3.05, 3.63) is 53.1 Å². The molecule has 1 aliphatic heterocycles. The summed E-state index contributed by atoms with van der Waals surface area (Å²) in [6.45, 7) is 8.50. The first-order chi connectivity index (χ1) is 18.8. The number of amides is 4. The number of rotatable bonds is 10. The molecule has 0 spiro atoms. The summed E-state index contributed by atoms with van der Waals surface area (Å²) in [7, 11) is 0. The maximum Gasteiger partial charge on any atom is 0.573 e. The van der Waals surface area contributed by atoms with Gasteiger partial charge in [0, 0.05) is 43.0 Å². The molecule has 218 valence electrons. The number of urea groups is 1. The number of hydrogen-bond donors (Lipinski definition) is 4. The van der Waals surface area contributed by atoms with Crippen LogP contribution in [0.5, 0.6) is 5.75 Å². The van der Waals surface area contributed by atoms with Crippen LogP contribution >= 0.6 is 0 Å². The monoisotopic (exact) mass is 565 g/mol. The summed E-state index contributed by atoms with van der Waals surface area (Å²) < 4.78 is 41.3. The minimum absolute atomic E-state index is 0.0529. The smallest absolute Gasteiger partial charge is 0.406 e. The Morgan fingerprint density at radius 1 is 1.12 bits per heavy atom. The highest BCUT2D eigenvalue weighted by Gasteiger charge is 2.36. The second-order valence-electron chi connectivity index (χ2n) is 9.83. The summed E-state index contributed by atoms with van der Waals surface area (Å²) in [5.41, 5.74) is 14.1. The van der Waals surface area contributed by atoms with E-state index in [1.165, 1.54) is 0 Å². The highest BCUT2D eigenvalue weighted by atomic mass is 19.4. The molecule has 4 amide bonds. The number of carbonyl (C=O) groups is 3. The van der Waals surface area contributed by atoms with Crippen molar-refractivity contribution in [1.29, 1.82) is 0 Å². The molecule has 1 aliphatic rings. The lowest BCUT2D eigenvalue weighted by molar-refractivity contribution is -0.274. The second-order valence-corrected chi connectivity index (χ2v) is 9.83. The highest BCUT2D eigenvalue weighted by molar-refractivity contribution is 6.01. The molecule has 6 N–H and O–H groups in total. The quantitative estimate of drug-likeness (QED) is 0.258. The van der Waals surface area contributed by atoms with E-state index >= 15 is 0 Å². The fourth-order valence-electron chi connectivity index (χ4n) is 5.03. The van der Waals surface area contributed by atoms with Crippen LogP contribution in [0.1, 0.15) is 41.8 Å². The number of aryl methyl sites for hydroxylation is 1. The average molecular weight is 566 g/mol. The Labute approximate surface area is 231 Å². The SMILES string of the molecule is CC[N+](CC)(C(N)=O)c1cc(CN2CC[C@@H](NC(=O)CNC(=O)c3cc(OC(F)(F)F)ccc3N)C2)ccc1C. The Bertz CT molecular complexity index is 1250. The zero-order chi connectivity index (χ0) is 29.7. The van der Waals surface area contributed by atoms with Crippen LogP contribution in [0.4, 0.5) is 29.3 Å². The zero-order valence-corrected chi connectivity index (χ0v) is 22.8. The van der Waals surface area contributed by atoms with E-state index in [4.69, 9.17) is 11.5 Å². The first-order valence-electron chi connectivity index (χ1n) is 13.0. The standard InChI is InChI=1S/C27H35F3N6O4/c1-4-36(5-2,26(32)39)23-12-18(7-6-17(23)3)15-35-11-10-19(16-35)34-24(37)14-33-25(38)21-13-20(8-9-22(21)31)40-27(28,29)30/h6-9,12-13,19H,4-5,10-11,14-16H2,1-3H3,(H5-,31,32,33,34,37,38,39)/p+1/t19-/m1/s1. The van der Waals surface area contributed by atoms with Gasteiger partial charge in [-0.3, -0.25) is 14.5 Å². The normalized spacial score (nSPS) is 16.0. The van der Waals surface area contributed by atoms with Gasteiger partial charge in [-0.05, 0) is 51.0 Å². The van der Waals surface area contributed by atoms with Gasteiger partial charge < -0.3 is 26.8 Å². The average Bonchev–Trinajstić information content (AvgIpc) is 3.32. The molecule has 0 unspecified atom stereocenters. The minimum atomic E-state index is -4.92. The molecule has 40 heavy (non-hydrogen) atoms. The molecular formula is C27H36F3N6O4+. The number of hydrogen-bond acceptors (Lipinski definition) is 6. The first kappa shape index (κ1) is 30.7. The highest BCUT2D eigenvalue weighted by Crippen LogP contribution is 2.30. The third-order valence-corrected chi connectivity index (χ3v) is 7.19. The van der Waals surface area contributed by atoms with E-state index in [2.05, 4.69) is 20.3 Å². The second kappa shape index (κ2) is 12.6. The number of likely N-dealkylation sites (tertiary alicyclic amines) is 1. The number of quaternary nitrogens is 1. The molecule has 1 atom stereocenters. The van der Waals surface area contributed by atoms with Crippen LogP contribution in [-0.2, 0) is 11.3 Å². The number of nitrogen functional groups attached to an aromatic ring is 1. The molecule has 2 aromatic rings. The molecular weight excluding hydrogens is 529 g/mol. The molecule has 1 saturated heterocycles. The largest absolute Gasteiger partial charge is 0.573 e. The van der Waals surface area contributed by atoms with Gasteiger partial charge in [-0.25, -0.2) is 9.28 Å². The molecule has 0 aliphatic carbocycles. The predicted molar refractivity (Wildman–Crippen MR) is 145 cm³/mol. The van der Waals surface area contributed by atoms with E-state index in [0.29, 0.717) is 32.6 Å². The Kier molecular flexibility index (Phi) is 9.64. The molecule has 1 fully saturated rings. The van der Waals surface area contributed by atoms with Crippen LogP contribution in [0.2, 0.25) is 0 Å². The van der Waals surface area contributed by atoms with Gasteiger partial charge in [0.25, 0.3) is 5.91 Å².